The van der Waals surface area contributed by atoms with Gasteiger partial charge in [0.05, 0.1) is 6.04 Å². The number of carbonyl (C=O) groups excluding carboxylic acids is 1. The standard InChI is InChI=1S/C18H19ClN2O5/c1-10(20-17(22)12-6-8-25-9-7-12)16-14(18(23)24)15(21-26-16)11-2-4-13(19)5-3-11/h2-5,10,12H,6-9H2,1H3,(H,20,22)(H,23,24)/t10-/m1/s1. The van der Waals surface area contributed by atoms with E-state index in [2.05, 4.69) is 10.5 Å². The molecular weight excluding hydrogens is 360 g/mol. The number of benzene rings is 1. The second-order valence-corrected chi connectivity index (χ2v) is 6.64. The zero-order chi connectivity index (χ0) is 18.7. The van der Waals surface area contributed by atoms with E-state index in [1.54, 1.807) is 31.2 Å². The minimum Gasteiger partial charge on any atom is -0.477 e. The van der Waals surface area contributed by atoms with Gasteiger partial charge in [0.15, 0.2) is 5.76 Å². The van der Waals surface area contributed by atoms with Crippen molar-refractivity contribution < 1.29 is 24.0 Å². The molecule has 1 aromatic heterocycles. The number of nitrogens with one attached hydrogen (secondary N) is 1. The normalized spacial score (nSPS) is 16.2. The molecule has 1 fully saturated rings. The van der Waals surface area contributed by atoms with Gasteiger partial charge in [0, 0.05) is 29.7 Å². The summed E-state index contributed by atoms with van der Waals surface area (Å²) >= 11 is 5.87. The number of carboxylic acids is 1. The lowest BCUT2D eigenvalue weighted by Gasteiger charge is -2.22. The summed E-state index contributed by atoms with van der Waals surface area (Å²) in [5.41, 5.74) is 0.716. The van der Waals surface area contributed by atoms with Crippen molar-refractivity contribution in [2.75, 3.05) is 13.2 Å². The summed E-state index contributed by atoms with van der Waals surface area (Å²) in [4.78, 5) is 24.2. The number of ether oxygens (including phenoxy) is 1. The zero-order valence-electron chi connectivity index (χ0n) is 14.2. The SMILES string of the molecule is C[C@@H](NC(=O)C1CCOCC1)c1onc(-c2ccc(Cl)cc2)c1C(=O)O. The molecule has 1 atom stereocenters. The van der Waals surface area contributed by atoms with Gasteiger partial charge < -0.3 is 19.7 Å². The van der Waals surface area contributed by atoms with Crippen molar-refractivity contribution in [3.63, 3.8) is 0 Å². The van der Waals surface area contributed by atoms with E-state index in [0.717, 1.165) is 0 Å². The first-order chi connectivity index (χ1) is 12.5. The van der Waals surface area contributed by atoms with Crippen molar-refractivity contribution in [3.05, 3.63) is 40.6 Å². The van der Waals surface area contributed by atoms with Crippen LogP contribution in [0.15, 0.2) is 28.8 Å². The van der Waals surface area contributed by atoms with Crippen LogP contribution in [0.2, 0.25) is 5.02 Å². The van der Waals surface area contributed by atoms with Crippen LogP contribution in [0.1, 0.15) is 41.9 Å². The van der Waals surface area contributed by atoms with Crippen LogP contribution < -0.4 is 5.32 Å². The third-order valence-electron chi connectivity index (χ3n) is 4.39. The van der Waals surface area contributed by atoms with Gasteiger partial charge in [-0.25, -0.2) is 4.79 Å². The quantitative estimate of drug-likeness (QED) is 0.827. The first-order valence-electron chi connectivity index (χ1n) is 8.34. The molecule has 1 aliphatic heterocycles. The monoisotopic (exact) mass is 378 g/mol. The van der Waals surface area contributed by atoms with E-state index < -0.39 is 12.0 Å². The molecule has 2 aromatic rings. The van der Waals surface area contributed by atoms with Gasteiger partial charge in [-0.2, -0.15) is 0 Å². The van der Waals surface area contributed by atoms with Crippen molar-refractivity contribution >= 4 is 23.5 Å². The van der Waals surface area contributed by atoms with Gasteiger partial charge in [0.2, 0.25) is 5.91 Å². The van der Waals surface area contributed by atoms with Crippen LogP contribution in [0.3, 0.4) is 0 Å². The highest BCUT2D eigenvalue weighted by molar-refractivity contribution is 6.30. The smallest absolute Gasteiger partial charge is 0.341 e. The van der Waals surface area contributed by atoms with Crippen LogP contribution in [0.5, 0.6) is 0 Å². The zero-order valence-corrected chi connectivity index (χ0v) is 15.0. The van der Waals surface area contributed by atoms with Gasteiger partial charge in [0.1, 0.15) is 11.3 Å². The van der Waals surface area contributed by atoms with E-state index >= 15 is 0 Å². The third kappa shape index (κ3) is 3.89. The van der Waals surface area contributed by atoms with Gasteiger partial charge in [0.25, 0.3) is 0 Å². The molecule has 8 heteroatoms. The number of aromatic nitrogens is 1. The van der Waals surface area contributed by atoms with Crippen molar-refractivity contribution in [1.82, 2.24) is 10.5 Å². The van der Waals surface area contributed by atoms with Crippen LogP contribution in [0, 0.1) is 5.92 Å². The average molecular weight is 379 g/mol. The summed E-state index contributed by atoms with van der Waals surface area (Å²) in [5, 5.41) is 16.9. The molecule has 7 nitrogen and oxygen atoms in total. The predicted octanol–water partition coefficient (Wildman–Crippen LogP) is 3.30. The number of hydrogen-bond acceptors (Lipinski definition) is 5. The Bertz CT molecular complexity index is 796. The molecule has 0 radical (unpaired) electrons. The van der Waals surface area contributed by atoms with E-state index in [9.17, 15) is 14.7 Å². The molecule has 1 amide bonds. The Kier molecular flexibility index (Phi) is 5.58. The molecule has 138 valence electrons. The fraction of sp³-hybridized carbons (Fsp3) is 0.389. The molecule has 0 unspecified atom stereocenters. The highest BCUT2D eigenvalue weighted by atomic mass is 35.5. The van der Waals surface area contributed by atoms with Crippen molar-refractivity contribution in [1.29, 1.82) is 0 Å². The highest BCUT2D eigenvalue weighted by Crippen LogP contribution is 2.30. The van der Waals surface area contributed by atoms with Crippen LogP contribution in [0.25, 0.3) is 11.3 Å². The lowest BCUT2D eigenvalue weighted by Crippen LogP contribution is -2.36. The van der Waals surface area contributed by atoms with Crippen molar-refractivity contribution in [2.45, 2.75) is 25.8 Å². The Morgan fingerprint density at radius 3 is 2.54 bits per heavy atom. The van der Waals surface area contributed by atoms with E-state index in [1.165, 1.54) is 0 Å². The maximum Gasteiger partial charge on any atom is 0.341 e. The van der Waals surface area contributed by atoms with Crippen molar-refractivity contribution in [2.24, 2.45) is 5.92 Å². The van der Waals surface area contributed by atoms with Gasteiger partial charge in [-0.15, -0.1) is 0 Å². The topological polar surface area (TPSA) is 102 Å². The molecule has 3 rings (SSSR count). The summed E-state index contributed by atoms with van der Waals surface area (Å²) in [6.07, 6.45) is 1.30. The number of aromatic carboxylic acids is 1. The summed E-state index contributed by atoms with van der Waals surface area (Å²) in [6.45, 7) is 2.78. The van der Waals surface area contributed by atoms with Crippen LogP contribution >= 0.6 is 11.6 Å². The fourth-order valence-electron chi connectivity index (χ4n) is 2.97. The average Bonchev–Trinajstić information content (AvgIpc) is 3.08. The van der Waals surface area contributed by atoms with Gasteiger partial charge in [-0.05, 0) is 31.9 Å². The second kappa shape index (κ2) is 7.88. The van der Waals surface area contributed by atoms with Gasteiger partial charge in [-0.3, -0.25) is 4.79 Å². The van der Waals surface area contributed by atoms with E-state index in [-0.39, 0.29) is 28.8 Å². The number of carboxylic acid groups (broad SMARTS) is 1. The predicted molar refractivity (Wildman–Crippen MR) is 94.0 cm³/mol. The molecule has 0 bridgehead atoms. The maximum atomic E-state index is 12.4. The fourth-order valence-corrected chi connectivity index (χ4v) is 3.09. The molecule has 1 saturated heterocycles. The summed E-state index contributed by atoms with van der Waals surface area (Å²) in [5.74, 6) is -1.33. The molecule has 1 aliphatic rings. The maximum absolute atomic E-state index is 12.4. The number of halogens is 1. The summed E-state index contributed by atoms with van der Waals surface area (Å²) in [7, 11) is 0. The molecule has 26 heavy (non-hydrogen) atoms. The third-order valence-corrected chi connectivity index (χ3v) is 4.65. The largest absolute Gasteiger partial charge is 0.477 e. The van der Waals surface area contributed by atoms with E-state index in [0.29, 0.717) is 36.6 Å². The minimum absolute atomic E-state index is 0.0629. The molecule has 1 aromatic carbocycles. The minimum atomic E-state index is -1.17. The Morgan fingerprint density at radius 2 is 1.92 bits per heavy atom. The van der Waals surface area contributed by atoms with E-state index in [4.69, 9.17) is 20.9 Å². The lowest BCUT2D eigenvalue weighted by atomic mass is 9.98. The first kappa shape index (κ1) is 18.4. The Balaban J connectivity index is 1.84. The van der Waals surface area contributed by atoms with Gasteiger partial charge >= 0.3 is 5.97 Å². The summed E-state index contributed by atoms with van der Waals surface area (Å²) < 4.78 is 10.5. The lowest BCUT2D eigenvalue weighted by molar-refractivity contribution is -0.128. The van der Waals surface area contributed by atoms with Crippen LogP contribution in [0.4, 0.5) is 0 Å². The van der Waals surface area contributed by atoms with Gasteiger partial charge in [-0.1, -0.05) is 28.9 Å². The number of carbonyl (C=O) groups is 2. The van der Waals surface area contributed by atoms with Crippen LogP contribution in [-0.4, -0.2) is 35.4 Å². The Hall–Kier alpha value is -2.38. The molecule has 0 saturated carbocycles. The first-order valence-corrected chi connectivity index (χ1v) is 8.72. The number of hydrogen-bond donors (Lipinski definition) is 2. The Labute approximate surface area is 155 Å². The van der Waals surface area contributed by atoms with E-state index in [1.807, 2.05) is 0 Å². The molecule has 2 heterocycles. The molecule has 2 N–H and O–H groups in total. The summed E-state index contributed by atoms with van der Waals surface area (Å²) in [6, 6.07) is 6.01. The number of rotatable bonds is 5. The molecule has 0 aliphatic carbocycles. The Morgan fingerprint density at radius 1 is 1.27 bits per heavy atom. The number of nitrogens with zero attached hydrogens (tertiary/aromatic N) is 1. The molecule has 0 spiro atoms. The van der Waals surface area contributed by atoms with Crippen molar-refractivity contribution in [3.8, 4) is 11.3 Å². The highest BCUT2D eigenvalue weighted by Gasteiger charge is 2.30. The number of amides is 1. The molecular formula is C18H19ClN2O5. The van der Waals surface area contributed by atoms with Crippen LogP contribution in [-0.2, 0) is 9.53 Å². The second-order valence-electron chi connectivity index (χ2n) is 6.20.